The number of hydrogen-bond donors (Lipinski definition) is 1. The fourth-order valence-corrected chi connectivity index (χ4v) is 3.39. The third-order valence-electron chi connectivity index (χ3n) is 4.64. The van der Waals surface area contributed by atoms with Gasteiger partial charge in [0.1, 0.15) is 5.82 Å². The maximum Gasteiger partial charge on any atom is 0.254 e. The predicted molar refractivity (Wildman–Crippen MR) is 98.5 cm³/mol. The van der Waals surface area contributed by atoms with Crippen LogP contribution in [0.15, 0.2) is 30.5 Å². The highest BCUT2D eigenvalue weighted by Gasteiger charge is 2.33. The van der Waals surface area contributed by atoms with Gasteiger partial charge in [-0.05, 0) is 38.8 Å². The number of rotatable bonds is 4. The molecule has 0 aliphatic carbocycles. The fraction of sp³-hybridized carbons (Fsp3) is 0.400. The van der Waals surface area contributed by atoms with Crippen molar-refractivity contribution in [3.63, 3.8) is 0 Å². The highest BCUT2D eigenvalue weighted by Crippen LogP contribution is 2.34. The zero-order valence-corrected chi connectivity index (χ0v) is 15.5. The molecule has 0 unspecified atom stereocenters. The molecule has 1 aliphatic rings. The highest BCUT2D eigenvalue weighted by molar-refractivity contribution is 5.94. The zero-order chi connectivity index (χ0) is 18.7. The molecule has 0 radical (unpaired) electrons. The molecule has 0 bridgehead atoms. The van der Waals surface area contributed by atoms with Crippen LogP contribution in [0.2, 0.25) is 0 Å². The molecule has 1 aromatic carbocycles. The molecule has 2 amide bonds. The number of aryl methyl sites for hydroxylation is 2. The standard InChI is InChI=1S/C20H24N4O2/c1-13-6-4-7-16(10-13)20(26)24-9-5-8-18(24)19-17(12-22-15(3)25)11-21-14(2)23-19/h4,6-7,10-11,18H,5,8-9,12H2,1-3H3,(H,22,25)/t18-/m1/s1. The number of carbonyl (C=O) groups excluding carboxylic acids is 2. The van der Waals surface area contributed by atoms with Crippen LogP contribution >= 0.6 is 0 Å². The van der Waals surface area contributed by atoms with Gasteiger partial charge in [-0.25, -0.2) is 9.97 Å². The van der Waals surface area contributed by atoms with Gasteiger partial charge in [0.2, 0.25) is 5.91 Å². The van der Waals surface area contributed by atoms with Gasteiger partial charge >= 0.3 is 0 Å². The van der Waals surface area contributed by atoms with Crippen LogP contribution in [0, 0.1) is 13.8 Å². The lowest BCUT2D eigenvalue weighted by molar-refractivity contribution is -0.119. The van der Waals surface area contributed by atoms with E-state index in [-0.39, 0.29) is 17.9 Å². The molecule has 6 nitrogen and oxygen atoms in total. The lowest BCUT2D eigenvalue weighted by atomic mass is 10.0. The van der Waals surface area contributed by atoms with E-state index >= 15 is 0 Å². The molecule has 136 valence electrons. The molecule has 0 saturated carbocycles. The lowest BCUT2D eigenvalue weighted by Crippen LogP contribution is -2.32. The summed E-state index contributed by atoms with van der Waals surface area (Å²) in [6.07, 6.45) is 3.55. The summed E-state index contributed by atoms with van der Waals surface area (Å²) in [6, 6.07) is 7.57. The van der Waals surface area contributed by atoms with Crippen LogP contribution in [0.4, 0.5) is 0 Å². The van der Waals surface area contributed by atoms with E-state index in [0.717, 1.165) is 29.7 Å². The van der Waals surface area contributed by atoms with Crippen LogP contribution in [0.5, 0.6) is 0 Å². The first-order valence-electron chi connectivity index (χ1n) is 8.90. The number of benzene rings is 1. The third kappa shape index (κ3) is 3.90. The lowest BCUT2D eigenvalue weighted by Gasteiger charge is -2.26. The molecule has 1 fully saturated rings. The summed E-state index contributed by atoms with van der Waals surface area (Å²) in [5, 5.41) is 2.81. The number of aromatic nitrogens is 2. The number of hydrogen-bond acceptors (Lipinski definition) is 4. The van der Waals surface area contributed by atoms with Gasteiger partial charge in [-0.1, -0.05) is 17.7 Å². The van der Waals surface area contributed by atoms with Gasteiger partial charge in [-0.2, -0.15) is 0 Å². The van der Waals surface area contributed by atoms with Gasteiger partial charge in [0.15, 0.2) is 0 Å². The predicted octanol–water partition coefficient (Wildman–Crippen LogP) is 2.71. The Bertz CT molecular complexity index is 834. The zero-order valence-electron chi connectivity index (χ0n) is 15.5. The molecule has 1 aliphatic heterocycles. The van der Waals surface area contributed by atoms with Crippen LogP contribution in [0.1, 0.15) is 58.8 Å². The number of carbonyl (C=O) groups is 2. The van der Waals surface area contributed by atoms with E-state index in [1.165, 1.54) is 6.92 Å². The van der Waals surface area contributed by atoms with E-state index in [1.807, 2.05) is 43.0 Å². The first kappa shape index (κ1) is 18.0. The number of nitrogens with one attached hydrogen (secondary N) is 1. The largest absolute Gasteiger partial charge is 0.352 e. The van der Waals surface area contributed by atoms with Crippen LogP contribution in [0.3, 0.4) is 0 Å². The Morgan fingerprint density at radius 3 is 2.85 bits per heavy atom. The molecule has 6 heteroatoms. The Hall–Kier alpha value is -2.76. The summed E-state index contributed by atoms with van der Waals surface area (Å²) in [6.45, 7) is 6.39. The molecule has 1 atom stereocenters. The van der Waals surface area contributed by atoms with Crippen molar-refractivity contribution >= 4 is 11.8 Å². The molecule has 2 aromatic rings. The summed E-state index contributed by atoms with van der Waals surface area (Å²) in [4.78, 5) is 35.1. The molecule has 1 saturated heterocycles. The van der Waals surface area contributed by atoms with Crippen molar-refractivity contribution in [1.82, 2.24) is 20.2 Å². The van der Waals surface area contributed by atoms with E-state index in [9.17, 15) is 9.59 Å². The SMILES string of the molecule is CC(=O)NCc1cnc(C)nc1[C@H]1CCCN1C(=O)c1cccc(C)c1. The van der Waals surface area contributed by atoms with Gasteiger partial charge in [0.05, 0.1) is 11.7 Å². The van der Waals surface area contributed by atoms with Crippen molar-refractivity contribution in [1.29, 1.82) is 0 Å². The maximum atomic E-state index is 13.1. The van der Waals surface area contributed by atoms with E-state index < -0.39 is 0 Å². The fourth-order valence-electron chi connectivity index (χ4n) is 3.39. The van der Waals surface area contributed by atoms with Gasteiger partial charge in [0.25, 0.3) is 5.91 Å². The quantitative estimate of drug-likeness (QED) is 0.918. The van der Waals surface area contributed by atoms with E-state index in [4.69, 9.17) is 0 Å². The van der Waals surface area contributed by atoms with Crippen molar-refractivity contribution in [2.24, 2.45) is 0 Å². The molecule has 0 spiro atoms. The minimum absolute atomic E-state index is 0.0259. The molecular formula is C20H24N4O2. The second kappa shape index (κ2) is 7.64. The molecule has 1 aromatic heterocycles. The van der Waals surface area contributed by atoms with Gasteiger partial charge in [-0.15, -0.1) is 0 Å². The summed E-state index contributed by atoms with van der Waals surface area (Å²) in [5.41, 5.74) is 3.46. The van der Waals surface area contributed by atoms with Crippen molar-refractivity contribution < 1.29 is 9.59 Å². The minimum Gasteiger partial charge on any atom is -0.352 e. The van der Waals surface area contributed by atoms with Crippen LogP contribution in [0.25, 0.3) is 0 Å². The maximum absolute atomic E-state index is 13.1. The Balaban J connectivity index is 1.91. The second-order valence-corrected chi connectivity index (χ2v) is 6.76. The topological polar surface area (TPSA) is 75.2 Å². The van der Waals surface area contributed by atoms with E-state index in [1.54, 1.807) is 6.20 Å². The Morgan fingerprint density at radius 2 is 2.12 bits per heavy atom. The van der Waals surface area contributed by atoms with Crippen molar-refractivity contribution in [2.75, 3.05) is 6.54 Å². The average molecular weight is 352 g/mol. The van der Waals surface area contributed by atoms with Gasteiger partial charge in [0, 0.05) is 37.3 Å². The smallest absolute Gasteiger partial charge is 0.254 e. The second-order valence-electron chi connectivity index (χ2n) is 6.76. The van der Waals surface area contributed by atoms with Crippen molar-refractivity contribution in [2.45, 2.75) is 46.2 Å². The summed E-state index contributed by atoms with van der Waals surface area (Å²) < 4.78 is 0. The van der Waals surface area contributed by atoms with Crippen molar-refractivity contribution in [3.8, 4) is 0 Å². The average Bonchev–Trinajstić information content (AvgIpc) is 3.09. The normalized spacial score (nSPS) is 16.6. The third-order valence-corrected chi connectivity index (χ3v) is 4.64. The molecular weight excluding hydrogens is 328 g/mol. The van der Waals surface area contributed by atoms with Crippen LogP contribution in [-0.2, 0) is 11.3 Å². The van der Waals surface area contributed by atoms with Gasteiger partial charge < -0.3 is 10.2 Å². The molecule has 1 N–H and O–H groups in total. The summed E-state index contributed by atoms with van der Waals surface area (Å²) >= 11 is 0. The van der Waals surface area contributed by atoms with Crippen molar-refractivity contribution in [3.05, 3.63) is 58.7 Å². The number of amides is 2. The first-order valence-corrected chi connectivity index (χ1v) is 8.90. The van der Waals surface area contributed by atoms with Gasteiger partial charge in [-0.3, -0.25) is 9.59 Å². The Morgan fingerprint density at radius 1 is 1.31 bits per heavy atom. The summed E-state index contributed by atoms with van der Waals surface area (Å²) in [7, 11) is 0. The molecule has 26 heavy (non-hydrogen) atoms. The highest BCUT2D eigenvalue weighted by atomic mass is 16.2. The van der Waals surface area contributed by atoms with E-state index in [0.29, 0.717) is 24.5 Å². The van der Waals surface area contributed by atoms with E-state index in [2.05, 4.69) is 15.3 Å². The van der Waals surface area contributed by atoms with Crippen LogP contribution in [-0.4, -0.2) is 33.2 Å². The minimum atomic E-state index is -0.101. The Kier molecular flexibility index (Phi) is 5.30. The monoisotopic (exact) mass is 352 g/mol. The molecule has 2 heterocycles. The van der Waals surface area contributed by atoms with Crippen LogP contribution < -0.4 is 5.32 Å². The summed E-state index contributed by atoms with van der Waals surface area (Å²) in [5.74, 6) is 0.593. The first-order chi connectivity index (χ1) is 12.5. The number of nitrogens with zero attached hydrogens (tertiary/aromatic N) is 3. The number of likely N-dealkylation sites (tertiary alicyclic amines) is 1. The Labute approximate surface area is 153 Å². The molecule has 3 rings (SSSR count).